The van der Waals surface area contributed by atoms with Crippen molar-refractivity contribution in [2.75, 3.05) is 33.0 Å². The van der Waals surface area contributed by atoms with Gasteiger partial charge in [-0.25, -0.2) is 8.98 Å². The first kappa shape index (κ1) is 72.5. The summed E-state index contributed by atoms with van der Waals surface area (Å²) >= 11 is 0. The molecule has 0 spiro atoms. The van der Waals surface area contributed by atoms with Gasteiger partial charge in [-0.1, -0.05) is 0 Å². The Morgan fingerprint density at radius 1 is 0.409 bits per heavy atom. The van der Waals surface area contributed by atoms with Crippen molar-refractivity contribution in [2.45, 2.75) is 236 Å². The zero-order valence-electron chi connectivity index (χ0n) is 46.4. The summed E-state index contributed by atoms with van der Waals surface area (Å²) in [5.41, 5.74) is 0. The molecule has 0 saturated carbocycles. The molecule has 7 fully saturated rings. The Bertz CT molecular complexity index is 2390. The first-order chi connectivity index (χ1) is 41.2. The van der Waals surface area contributed by atoms with Gasteiger partial charge in [0.2, 0.25) is 11.8 Å². The Kier molecular flexibility index (Phi) is 25.0. The van der Waals surface area contributed by atoms with Crippen LogP contribution in [0.3, 0.4) is 0 Å². The van der Waals surface area contributed by atoms with Crippen molar-refractivity contribution >= 4 is 28.2 Å². The highest BCUT2D eigenvalue weighted by atomic mass is 32.3. The topological polar surface area (TPSA) is 643 Å². The van der Waals surface area contributed by atoms with Crippen LogP contribution in [-0.2, 0) is 90.5 Å². The van der Waals surface area contributed by atoms with Gasteiger partial charge < -0.3 is 169 Å². The second kappa shape index (κ2) is 30.4. The highest BCUT2D eigenvalue weighted by molar-refractivity contribution is 7.80. The molecule has 0 aromatic heterocycles. The first-order valence-corrected chi connectivity index (χ1v) is 28.5. The Labute approximate surface area is 496 Å². The lowest BCUT2D eigenvalue weighted by Crippen LogP contribution is -2.71. The molecule has 22 N–H and O–H groups in total. The molecule has 0 aliphatic carbocycles. The average molecular weight is 1310 g/mol. The third kappa shape index (κ3) is 16.1. The number of carboxylic acid groups (broad SMARTS) is 1. The van der Waals surface area contributed by atoms with Gasteiger partial charge in [0.05, 0.1) is 39.1 Å². The van der Waals surface area contributed by atoms with E-state index in [1.807, 2.05) is 0 Å². The average Bonchev–Trinajstić information content (AvgIpc) is 1.19. The van der Waals surface area contributed by atoms with Crippen LogP contribution in [0.4, 0.5) is 0 Å². The number of amides is 2. The van der Waals surface area contributed by atoms with E-state index < -0.39 is 276 Å². The summed E-state index contributed by atoms with van der Waals surface area (Å²) in [6, 6.07) is -3.68. The van der Waals surface area contributed by atoms with Crippen molar-refractivity contribution in [2.24, 2.45) is 0 Å². The third-order valence-electron chi connectivity index (χ3n) is 15.5. The second-order valence-electron chi connectivity index (χ2n) is 21.6. The number of hydrogen-bond donors (Lipinski definition) is 22. The molecule has 35 atom stereocenters. The minimum Gasteiger partial charge on any atom is -0.479 e. The van der Waals surface area contributed by atoms with Crippen molar-refractivity contribution in [3.8, 4) is 0 Å². The fraction of sp³-hybridized carbons (Fsp3) is 0.935. The van der Waals surface area contributed by atoms with E-state index >= 15 is 0 Å². The number of nitrogens with one attached hydrogen (secondary N) is 2. The van der Waals surface area contributed by atoms with E-state index in [0.717, 1.165) is 13.8 Å². The Balaban J connectivity index is 1.31. The number of aliphatic hydroxyl groups excluding tert-OH is 18. The summed E-state index contributed by atoms with van der Waals surface area (Å²) in [6.07, 6.45) is -71.6. The Morgan fingerprint density at radius 3 is 1.41 bits per heavy atom. The zero-order valence-corrected chi connectivity index (χ0v) is 47.2. The van der Waals surface area contributed by atoms with Gasteiger partial charge in [0, 0.05) is 13.8 Å². The van der Waals surface area contributed by atoms with Crippen LogP contribution in [0.2, 0.25) is 0 Å². The van der Waals surface area contributed by atoms with Crippen molar-refractivity contribution in [3.63, 3.8) is 0 Å². The Morgan fingerprint density at radius 2 is 0.841 bits per heavy atom. The van der Waals surface area contributed by atoms with E-state index in [-0.39, 0.29) is 0 Å². The predicted molar refractivity (Wildman–Crippen MR) is 265 cm³/mol. The normalized spacial score (nSPS) is 48.7. The maximum atomic E-state index is 12.8. The van der Waals surface area contributed by atoms with Crippen LogP contribution in [-0.4, -0.2) is 376 Å². The number of carbonyl (C=O) groups excluding carboxylic acids is 2. The number of hydrogen-bond acceptors (Lipinski definition) is 37. The van der Waals surface area contributed by atoms with Crippen LogP contribution < -0.4 is 10.6 Å². The minimum absolute atomic E-state index is 0.854. The standard InChI is InChI=1S/C46H76N2O39S/c1-9-19(54)25(60)29(64)42(76-9)87-38-37(86-45-32(67)35(22(57)13(5-50)79-45)84-44-31(66)27(62)28(63)36(85-44)39(68)69)33(82-43-30(65)26(61)20(55)12(4-49)78-43)14(6-51)80-46(38)83-34-18(48-11(3)53)40(70)77-15(23(34)58)7-74-41-17(47-10(2)52)24(59)21(56)16(81-41)8-75-88(71,72)73/h9,12-38,40-46,49-51,54-67,70H,4-8H2,1-3H3,(H,47,52)(H,48,53)(H,68,69)(H,71,72,73)/t9-,12+,13+,14+,15+,16+,17+,18+,19+,20-,21+,22-,23-,24+,25+,26-,27-,28-,29-,30+,31+,32+,33-,34+,35-,36-,37-,38+,40+,41+,42-,43-,44+,45-,46-/m0/s1. The van der Waals surface area contributed by atoms with E-state index in [0.29, 0.717) is 0 Å². The molecule has 7 aliphatic rings. The van der Waals surface area contributed by atoms with Crippen LogP contribution in [0.1, 0.15) is 20.8 Å². The predicted octanol–water partition coefficient (Wildman–Crippen LogP) is -15.0. The van der Waals surface area contributed by atoms with Crippen LogP contribution >= 0.6 is 0 Å². The van der Waals surface area contributed by atoms with Gasteiger partial charge in [-0.05, 0) is 6.92 Å². The van der Waals surface area contributed by atoms with Gasteiger partial charge in [-0.2, -0.15) is 8.42 Å². The fourth-order valence-electron chi connectivity index (χ4n) is 10.7. The highest BCUT2D eigenvalue weighted by Gasteiger charge is 2.60. The molecule has 0 unspecified atom stereocenters. The number of ether oxygens (including phenoxy) is 13. The van der Waals surface area contributed by atoms with Crippen molar-refractivity contribution < 1.29 is 190 Å². The summed E-state index contributed by atoms with van der Waals surface area (Å²) in [4.78, 5) is 37.1. The number of aliphatic carboxylic acids is 1. The van der Waals surface area contributed by atoms with Crippen molar-refractivity contribution in [3.05, 3.63) is 0 Å². The molecule has 0 bridgehead atoms. The molecule has 7 saturated heterocycles. The maximum absolute atomic E-state index is 12.8. The second-order valence-corrected chi connectivity index (χ2v) is 22.7. The summed E-state index contributed by atoms with van der Waals surface area (Å²) in [5, 5.41) is 213. The van der Waals surface area contributed by atoms with Gasteiger partial charge in [0.15, 0.2) is 50.1 Å². The molecule has 88 heavy (non-hydrogen) atoms. The maximum Gasteiger partial charge on any atom is 0.397 e. The SMILES string of the molecule is CC(=O)N[C@@H]1[C@@H](O[C@@H]2O[C@H](CO)[C@H](O[C@@H]3O[C@H](CO)[C@H](O)[C@H](O)[C@H]3O)[C@H](O[C@@H]3O[C@H](CO)[C@H](O)[C@H](O[C@@H]4O[C@H](C(=O)O)[C@@H](O)[C@H](O)[C@H]4O)[C@H]3O)[C@H]2O[C@@H]2O[C@@H](C)[C@@H](O)[C@@H](O)[C@@H]2O)[C@@H](O)[C@@H](CO[C@@H]2O[C@H](COS(=O)(=O)O)[C@@H](O)[C@H](O)[C@H]2NC(C)=O)O[C@H]1O. The van der Waals surface area contributed by atoms with E-state index in [1.54, 1.807) is 0 Å². The van der Waals surface area contributed by atoms with Gasteiger partial charge >= 0.3 is 16.4 Å². The fourth-order valence-corrected chi connectivity index (χ4v) is 11.0. The largest absolute Gasteiger partial charge is 0.479 e. The Hall–Kier alpha value is -2.96. The summed E-state index contributed by atoms with van der Waals surface area (Å²) < 4.78 is 112. The molecule has 510 valence electrons. The molecule has 7 aliphatic heterocycles. The zero-order chi connectivity index (χ0) is 65.3. The monoisotopic (exact) mass is 1310 g/mol. The number of rotatable bonds is 22. The first-order valence-electron chi connectivity index (χ1n) is 27.1. The van der Waals surface area contributed by atoms with Crippen LogP contribution in [0.5, 0.6) is 0 Å². The van der Waals surface area contributed by atoms with E-state index in [1.165, 1.54) is 6.92 Å². The molecular formula is C46H76N2O39S. The lowest BCUT2D eigenvalue weighted by molar-refractivity contribution is -0.419. The number of aliphatic hydroxyl groups is 18. The van der Waals surface area contributed by atoms with E-state index in [4.69, 9.17) is 66.1 Å². The number of carbonyl (C=O) groups is 3. The summed E-state index contributed by atoms with van der Waals surface area (Å²) in [7, 11) is -5.19. The van der Waals surface area contributed by atoms with Crippen LogP contribution in [0.25, 0.3) is 0 Å². The molecule has 42 heteroatoms. The van der Waals surface area contributed by atoms with Crippen molar-refractivity contribution in [1.29, 1.82) is 0 Å². The summed E-state index contributed by atoms with van der Waals surface area (Å²) in [5.74, 6) is -3.71. The third-order valence-corrected chi connectivity index (χ3v) is 15.9. The lowest BCUT2D eigenvalue weighted by atomic mass is 9.93. The number of carboxylic acids is 1. The van der Waals surface area contributed by atoms with Gasteiger partial charge in [0.25, 0.3) is 0 Å². The molecule has 7 heterocycles. The van der Waals surface area contributed by atoms with Crippen molar-refractivity contribution in [1.82, 2.24) is 10.6 Å². The molecule has 0 aromatic rings. The molecule has 41 nitrogen and oxygen atoms in total. The highest BCUT2D eigenvalue weighted by Crippen LogP contribution is 2.40. The van der Waals surface area contributed by atoms with Gasteiger partial charge in [-0.15, -0.1) is 0 Å². The van der Waals surface area contributed by atoms with Crippen LogP contribution in [0, 0.1) is 0 Å². The molecule has 0 aromatic carbocycles. The molecule has 0 radical (unpaired) electrons. The molecular weight excluding hydrogens is 1240 g/mol. The van der Waals surface area contributed by atoms with Crippen LogP contribution in [0.15, 0.2) is 0 Å². The minimum atomic E-state index is -5.19. The van der Waals surface area contributed by atoms with E-state index in [9.17, 15) is 120 Å². The van der Waals surface area contributed by atoms with Gasteiger partial charge in [0.1, 0.15) is 159 Å². The smallest absolute Gasteiger partial charge is 0.397 e. The van der Waals surface area contributed by atoms with Gasteiger partial charge in [-0.3, -0.25) is 14.1 Å². The molecule has 2 amide bonds. The lowest BCUT2D eigenvalue weighted by Gasteiger charge is -2.52. The summed E-state index contributed by atoms with van der Waals surface area (Å²) in [6.45, 7) is -2.67. The van der Waals surface area contributed by atoms with E-state index in [2.05, 4.69) is 14.8 Å². The molecule has 7 rings (SSSR count). The quantitative estimate of drug-likeness (QED) is 0.0448.